The maximum absolute atomic E-state index is 5.73. The second kappa shape index (κ2) is 6.89. The van der Waals surface area contributed by atoms with E-state index in [4.69, 9.17) is 10.6 Å². The van der Waals surface area contributed by atoms with Gasteiger partial charge in [0.15, 0.2) is 0 Å². The van der Waals surface area contributed by atoms with E-state index in [0.29, 0.717) is 5.92 Å². The van der Waals surface area contributed by atoms with Gasteiger partial charge < -0.3 is 9.64 Å². The normalized spacial score (nSPS) is 18.3. The van der Waals surface area contributed by atoms with Crippen LogP contribution in [0.4, 0.5) is 5.69 Å². The molecule has 1 aliphatic heterocycles. The molecule has 4 nitrogen and oxygen atoms in total. The Kier molecular flexibility index (Phi) is 5.19. The number of hydrazine groups is 1. The van der Waals surface area contributed by atoms with Gasteiger partial charge in [0, 0.05) is 39.0 Å². The van der Waals surface area contributed by atoms with Crippen LogP contribution in [0, 0.1) is 5.92 Å². The van der Waals surface area contributed by atoms with Crippen molar-refractivity contribution in [3.05, 3.63) is 29.8 Å². The zero-order valence-electron chi connectivity index (χ0n) is 11.9. The summed E-state index contributed by atoms with van der Waals surface area (Å²) < 4.78 is 5.41. The zero-order chi connectivity index (χ0) is 13.7. The van der Waals surface area contributed by atoms with Crippen LogP contribution in [0.1, 0.15) is 30.9 Å². The Morgan fingerprint density at radius 1 is 1.26 bits per heavy atom. The highest BCUT2D eigenvalue weighted by Gasteiger charge is 2.19. The van der Waals surface area contributed by atoms with Crippen molar-refractivity contribution in [2.45, 2.75) is 25.3 Å². The predicted octanol–water partition coefficient (Wildman–Crippen LogP) is 2.07. The van der Waals surface area contributed by atoms with Gasteiger partial charge in [0.25, 0.3) is 0 Å². The van der Waals surface area contributed by atoms with Gasteiger partial charge >= 0.3 is 0 Å². The SMILES string of the molecule is CN(C)c1ccc(C(CC2CCOCC2)NN)cc1. The molecule has 2 rings (SSSR count). The van der Waals surface area contributed by atoms with E-state index in [1.54, 1.807) is 0 Å². The molecular weight excluding hydrogens is 238 g/mol. The van der Waals surface area contributed by atoms with Gasteiger partial charge in [-0.3, -0.25) is 11.3 Å². The van der Waals surface area contributed by atoms with Crippen LogP contribution in [0.3, 0.4) is 0 Å². The van der Waals surface area contributed by atoms with Gasteiger partial charge in [-0.25, -0.2) is 0 Å². The van der Waals surface area contributed by atoms with Crippen LogP contribution < -0.4 is 16.2 Å². The summed E-state index contributed by atoms with van der Waals surface area (Å²) in [5, 5.41) is 0. The fraction of sp³-hybridized carbons (Fsp3) is 0.600. The van der Waals surface area contributed by atoms with E-state index >= 15 is 0 Å². The van der Waals surface area contributed by atoms with Crippen molar-refractivity contribution < 1.29 is 4.74 Å². The molecule has 3 N–H and O–H groups in total. The number of hydrogen-bond acceptors (Lipinski definition) is 4. The van der Waals surface area contributed by atoms with Crippen LogP contribution >= 0.6 is 0 Å². The third-order valence-electron chi connectivity index (χ3n) is 3.92. The van der Waals surface area contributed by atoms with Gasteiger partial charge in [-0.05, 0) is 42.9 Å². The number of benzene rings is 1. The van der Waals surface area contributed by atoms with Crippen LogP contribution in [-0.4, -0.2) is 27.3 Å². The van der Waals surface area contributed by atoms with Crippen LogP contribution in [-0.2, 0) is 4.74 Å². The average molecular weight is 263 g/mol. The van der Waals surface area contributed by atoms with E-state index in [1.165, 1.54) is 11.3 Å². The molecule has 0 saturated carbocycles. The first kappa shape index (κ1) is 14.3. The fourth-order valence-corrected chi connectivity index (χ4v) is 2.62. The highest BCUT2D eigenvalue weighted by atomic mass is 16.5. The molecule has 0 bridgehead atoms. The van der Waals surface area contributed by atoms with Gasteiger partial charge in [0.2, 0.25) is 0 Å². The van der Waals surface area contributed by atoms with Crippen molar-refractivity contribution in [2.75, 3.05) is 32.2 Å². The number of anilines is 1. The Morgan fingerprint density at radius 2 is 1.89 bits per heavy atom. The van der Waals surface area contributed by atoms with E-state index < -0.39 is 0 Å². The molecule has 1 aromatic rings. The minimum Gasteiger partial charge on any atom is -0.381 e. The molecule has 1 aliphatic rings. The second-order valence-corrected chi connectivity index (χ2v) is 5.50. The van der Waals surface area contributed by atoms with E-state index in [9.17, 15) is 0 Å². The van der Waals surface area contributed by atoms with Crippen molar-refractivity contribution in [3.63, 3.8) is 0 Å². The van der Waals surface area contributed by atoms with Crippen LogP contribution in [0.15, 0.2) is 24.3 Å². The molecule has 1 atom stereocenters. The minimum atomic E-state index is 0.235. The van der Waals surface area contributed by atoms with Gasteiger partial charge in [0.1, 0.15) is 0 Å². The summed E-state index contributed by atoms with van der Waals surface area (Å²) in [6.07, 6.45) is 3.38. The predicted molar refractivity (Wildman–Crippen MR) is 79.0 cm³/mol. The van der Waals surface area contributed by atoms with Gasteiger partial charge in [-0.1, -0.05) is 12.1 Å². The first-order valence-corrected chi connectivity index (χ1v) is 7.02. The Hall–Kier alpha value is -1.10. The Balaban J connectivity index is 1.99. The average Bonchev–Trinajstić information content (AvgIpc) is 2.46. The van der Waals surface area contributed by atoms with E-state index in [2.05, 4.69) is 48.7 Å². The smallest absolute Gasteiger partial charge is 0.0468 e. The summed E-state index contributed by atoms with van der Waals surface area (Å²) in [7, 11) is 4.10. The van der Waals surface area contributed by atoms with Crippen molar-refractivity contribution in [1.82, 2.24) is 5.43 Å². The van der Waals surface area contributed by atoms with E-state index in [1.807, 2.05) is 0 Å². The molecule has 4 heteroatoms. The van der Waals surface area contributed by atoms with Gasteiger partial charge in [-0.2, -0.15) is 0 Å². The van der Waals surface area contributed by atoms with Crippen molar-refractivity contribution in [3.8, 4) is 0 Å². The second-order valence-electron chi connectivity index (χ2n) is 5.50. The number of ether oxygens (including phenoxy) is 1. The highest BCUT2D eigenvalue weighted by Crippen LogP contribution is 2.28. The number of nitrogens with one attached hydrogen (secondary N) is 1. The Bertz CT molecular complexity index is 371. The van der Waals surface area contributed by atoms with Crippen LogP contribution in [0.2, 0.25) is 0 Å². The number of nitrogens with two attached hydrogens (primary N) is 1. The molecule has 1 fully saturated rings. The first-order valence-electron chi connectivity index (χ1n) is 7.02. The molecule has 1 aromatic carbocycles. The quantitative estimate of drug-likeness (QED) is 0.631. The van der Waals surface area contributed by atoms with Crippen molar-refractivity contribution in [2.24, 2.45) is 11.8 Å². The highest BCUT2D eigenvalue weighted by molar-refractivity contribution is 5.46. The molecule has 1 saturated heterocycles. The summed E-state index contributed by atoms with van der Waals surface area (Å²) in [5.41, 5.74) is 5.44. The summed E-state index contributed by atoms with van der Waals surface area (Å²) in [6, 6.07) is 8.85. The molecule has 0 radical (unpaired) electrons. The number of hydrogen-bond donors (Lipinski definition) is 2. The van der Waals surface area contributed by atoms with Crippen molar-refractivity contribution >= 4 is 5.69 Å². The standard InChI is InChI=1S/C15H25N3O/c1-18(2)14-5-3-13(4-6-14)15(17-16)11-12-7-9-19-10-8-12/h3-6,12,15,17H,7-11,16H2,1-2H3. The number of rotatable bonds is 5. The van der Waals surface area contributed by atoms with E-state index in [-0.39, 0.29) is 6.04 Å². The van der Waals surface area contributed by atoms with Crippen LogP contribution in [0.25, 0.3) is 0 Å². The molecule has 1 unspecified atom stereocenters. The lowest BCUT2D eigenvalue weighted by molar-refractivity contribution is 0.0605. The summed E-state index contributed by atoms with van der Waals surface area (Å²) in [6.45, 7) is 1.78. The maximum Gasteiger partial charge on any atom is 0.0468 e. The zero-order valence-corrected chi connectivity index (χ0v) is 11.9. The Labute approximate surface area is 115 Å². The summed E-state index contributed by atoms with van der Waals surface area (Å²) in [4.78, 5) is 2.10. The molecule has 0 aliphatic carbocycles. The summed E-state index contributed by atoms with van der Waals surface area (Å²) >= 11 is 0. The summed E-state index contributed by atoms with van der Waals surface area (Å²) in [5.74, 6) is 6.44. The molecule has 0 amide bonds. The van der Waals surface area contributed by atoms with E-state index in [0.717, 1.165) is 32.5 Å². The molecule has 1 heterocycles. The fourth-order valence-electron chi connectivity index (χ4n) is 2.62. The lowest BCUT2D eigenvalue weighted by atomic mass is 9.90. The lowest BCUT2D eigenvalue weighted by Gasteiger charge is -2.26. The molecule has 0 aromatic heterocycles. The van der Waals surface area contributed by atoms with Gasteiger partial charge in [-0.15, -0.1) is 0 Å². The largest absolute Gasteiger partial charge is 0.381 e. The molecular formula is C15H25N3O. The molecule has 106 valence electrons. The number of nitrogens with zero attached hydrogens (tertiary/aromatic N) is 1. The van der Waals surface area contributed by atoms with Crippen molar-refractivity contribution in [1.29, 1.82) is 0 Å². The van der Waals surface area contributed by atoms with Gasteiger partial charge in [0.05, 0.1) is 0 Å². The third kappa shape index (κ3) is 3.93. The Morgan fingerprint density at radius 3 is 2.42 bits per heavy atom. The first-order chi connectivity index (χ1) is 9.20. The monoisotopic (exact) mass is 263 g/mol. The third-order valence-corrected chi connectivity index (χ3v) is 3.92. The van der Waals surface area contributed by atoms with Crippen LogP contribution in [0.5, 0.6) is 0 Å². The molecule has 19 heavy (non-hydrogen) atoms. The minimum absolute atomic E-state index is 0.235. The lowest BCUT2D eigenvalue weighted by Crippen LogP contribution is -2.31. The maximum atomic E-state index is 5.73. The molecule has 0 spiro atoms. The topological polar surface area (TPSA) is 50.5 Å².